The monoisotopic (exact) mass is 284 g/mol. The second-order valence-electron chi connectivity index (χ2n) is 4.88. The second kappa shape index (κ2) is 5.83. The van der Waals surface area contributed by atoms with Gasteiger partial charge < -0.3 is 16.2 Å². The topological polar surface area (TPSA) is 97.5 Å². The zero-order valence-corrected chi connectivity index (χ0v) is 12.5. The fourth-order valence-corrected chi connectivity index (χ4v) is 2.04. The molecule has 0 radical (unpaired) electrons. The maximum absolute atomic E-state index is 7.83. The van der Waals surface area contributed by atoms with Gasteiger partial charge in [0.05, 0.1) is 29.4 Å². The highest BCUT2D eigenvalue weighted by molar-refractivity contribution is 6.22. The number of rotatable bonds is 3. The van der Waals surface area contributed by atoms with E-state index in [-0.39, 0.29) is 5.71 Å². The summed E-state index contributed by atoms with van der Waals surface area (Å²) in [5.74, 6) is 0.482. The van der Waals surface area contributed by atoms with Crippen molar-refractivity contribution in [3.63, 3.8) is 0 Å². The Labute approximate surface area is 124 Å². The standard InChI is InChI=1S/C16H20N4O/c1-4-21-16-8-15(12(18)7-13(16)19)20-14-6-5-11(17)9(2)10(14)3/h5-8,19H,4,17-18H2,1-3H3/b19-13?,20-15+. The molecule has 1 aliphatic carbocycles. The first-order valence-corrected chi connectivity index (χ1v) is 6.79. The lowest BCUT2D eigenvalue weighted by Crippen LogP contribution is -2.19. The molecule has 110 valence electrons. The van der Waals surface area contributed by atoms with Gasteiger partial charge in [0.2, 0.25) is 0 Å². The van der Waals surface area contributed by atoms with E-state index in [1.165, 1.54) is 0 Å². The van der Waals surface area contributed by atoms with E-state index in [0.717, 1.165) is 22.5 Å². The fraction of sp³-hybridized carbons (Fsp3) is 0.250. The van der Waals surface area contributed by atoms with Crippen LogP contribution in [0.3, 0.4) is 0 Å². The number of nitrogen functional groups attached to an aromatic ring is 1. The normalized spacial score (nSPS) is 16.7. The van der Waals surface area contributed by atoms with E-state index in [0.29, 0.717) is 23.8 Å². The van der Waals surface area contributed by atoms with E-state index in [1.807, 2.05) is 32.9 Å². The SMILES string of the molecule is CCOC1=C/C(=N\c2ccc(N)c(C)c2C)C(N)=CC1=N. The molecule has 5 N–H and O–H groups in total. The number of nitrogens with one attached hydrogen (secondary N) is 1. The van der Waals surface area contributed by atoms with Crippen molar-refractivity contribution in [1.29, 1.82) is 5.41 Å². The number of nitrogens with zero attached hydrogens (tertiary/aromatic N) is 1. The van der Waals surface area contributed by atoms with Crippen LogP contribution in [0.4, 0.5) is 11.4 Å². The summed E-state index contributed by atoms with van der Waals surface area (Å²) in [5.41, 5.74) is 16.7. The van der Waals surface area contributed by atoms with Crippen molar-refractivity contribution in [1.82, 2.24) is 0 Å². The molecule has 1 aromatic carbocycles. The van der Waals surface area contributed by atoms with Crippen LogP contribution >= 0.6 is 0 Å². The number of anilines is 1. The number of hydrogen-bond acceptors (Lipinski definition) is 5. The van der Waals surface area contributed by atoms with E-state index >= 15 is 0 Å². The number of aliphatic imine (C=N–C) groups is 1. The van der Waals surface area contributed by atoms with Crippen LogP contribution in [-0.4, -0.2) is 18.0 Å². The molecule has 0 atom stereocenters. The Morgan fingerprint density at radius 2 is 1.86 bits per heavy atom. The van der Waals surface area contributed by atoms with Crippen LogP contribution in [0.15, 0.2) is 40.7 Å². The van der Waals surface area contributed by atoms with Gasteiger partial charge in [-0.25, -0.2) is 4.99 Å². The Morgan fingerprint density at radius 3 is 2.52 bits per heavy atom. The fourth-order valence-electron chi connectivity index (χ4n) is 2.04. The van der Waals surface area contributed by atoms with Crippen LogP contribution in [0, 0.1) is 19.3 Å². The molecule has 21 heavy (non-hydrogen) atoms. The highest BCUT2D eigenvalue weighted by Crippen LogP contribution is 2.27. The average Bonchev–Trinajstić information content (AvgIpc) is 2.44. The molecular weight excluding hydrogens is 264 g/mol. The Balaban J connectivity index is 2.47. The largest absolute Gasteiger partial charge is 0.492 e. The van der Waals surface area contributed by atoms with Crippen molar-refractivity contribution in [2.24, 2.45) is 10.7 Å². The molecule has 2 rings (SSSR count). The van der Waals surface area contributed by atoms with Gasteiger partial charge in [-0.1, -0.05) is 0 Å². The minimum atomic E-state index is 0.263. The lowest BCUT2D eigenvalue weighted by molar-refractivity contribution is 0.250. The van der Waals surface area contributed by atoms with Crippen LogP contribution in [0.1, 0.15) is 18.1 Å². The van der Waals surface area contributed by atoms with Crippen molar-refractivity contribution < 1.29 is 4.74 Å². The van der Waals surface area contributed by atoms with Gasteiger partial charge in [-0.05, 0) is 50.1 Å². The van der Waals surface area contributed by atoms with Crippen molar-refractivity contribution in [2.75, 3.05) is 12.3 Å². The molecule has 5 heteroatoms. The predicted octanol–water partition coefficient (Wildman–Crippen LogP) is 2.75. The number of allylic oxidation sites excluding steroid dienone is 2. The summed E-state index contributed by atoms with van der Waals surface area (Å²) in [7, 11) is 0. The van der Waals surface area contributed by atoms with Crippen LogP contribution in [0.5, 0.6) is 0 Å². The van der Waals surface area contributed by atoms with E-state index in [4.69, 9.17) is 21.6 Å². The van der Waals surface area contributed by atoms with E-state index < -0.39 is 0 Å². The maximum atomic E-state index is 7.83. The molecule has 0 bridgehead atoms. The highest BCUT2D eigenvalue weighted by Gasteiger charge is 2.16. The first-order valence-electron chi connectivity index (χ1n) is 6.79. The number of hydrogen-bond donors (Lipinski definition) is 3. The van der Waals surface area contributed by atoms with Crippen LogP contribution < -0.4 is 11.5 Å². The van der Waals surface area contributed by atoms with Gasteiger partial charge >= 0.3 is 0 Å². The number of benzene rings is 1. The zero-order chi connectivity index (χ0) is 15.6. The van der Waals surface area contributed by atoms with Crippen molar-refractivity contribution >= 4 is 22.8 Å². The van der Waals surface area contributed by atoms with E-state index in [9.17, 15) is 0 Å². The molecule has 0 aromatic heterocycles. The third-order valence-electron chi connectivity index (χ3n) is 3.47. The van der Waals surface area contributed by atoms with Gasteiger partial charge in [0.15, 0.2) is 0 Å². The molecule has 0 saturated heterocycles. The van der Waals surface area contributed by atoms with Crippen LogP contribution in [0.2, 0.25) is 0 Å². The first kappa shape index (κ1) is 14.8. The average molecular weight is 284 g/mol. The van der Waals surface area contributed by atoms with Crippen molar-refractivity contribution in [2.45, 2.75) is 20.8 Å². The highest BCUT2D eigenvalue weighted by atomic mass is 16.5. The first-order chi connectivity index (χ1) is 9.93. The predicted molar refractivity (Wildman–Crippen MR) is 87.1 cm³/mol. The van der Waals surface area contributed by atoms with Gasteiger partial charge in [0, 0.05) is 11.8 Å². The summed E-state index contributed by atoms with van der Waals surface area (Å²) in [6, 6.07) is 3.70. The van der Waals surface area contributed by atoms with Crippen molar-refractivity contribution in [3.8, 4) is 0 Å². The molecule has 0 amide bonds. The third-order valence-corrected chi connectivity index (χ3v) is 3.47. The van der Waals surface area contributed by atoms with Crippen molar-refractivity contribution in [3.05, 3.63) is 46.9 Å². The van der Waals surface area contributed by atoms with Gasteiger partial charge in [-0.3, -0.25) is 5.41 Å². The summed E-state index contributed by atoms with van der Waals surface area (Å²) in [6.07, 6.45) is 3.26. The summed E-state index contributed by atoms with van der Waals surface area (Å²) in [6.45, 7) is 6.31. The zero-order valence-electron chi connectivity index (χ0n) is 12.5. The maximum Gasteiger partial charge on any atom is 0.146 e. The number of nitrogens with two attached hydrogens (primary N) is 2. The minimum absolute atomic E-state index is 0.263. The van der Waals surface area contributed by atoms with E-state index in [2.05, 4.69) is 4.99 Å². The Morgan fingerprint density at radius 1 is 1.14 bits per heavy atom. The van der Waals surface area contributed by atoms with Gasteiger partial charge in [-0.2, -0.15) is 0 Å². The molecule has 0 spiro atoms. The molecule has 0 heterocycles. The van der Waals surface area contributed by atoms with E-state index in [1.54, 1.807) is 12.2 Å². The Kier molecular flexibility index (Phi) is 4.12. The second-order valence-corrected chi connectivity index (χ2v) is 4.88. The summed E-state index contributed by atoms with van der Waals surface area (Å²) in [5, 5.41) is 7.83. The molecule has 0 aliphatic heterocycles. The lowest BCUT2D eigenvalue weighted by Gasteiger charge is -2.15. The van der Waals surface area contributed by atoms with Crippen LogP contribution in [-0.2, 0) is 4.74 Å². The summed E-state index contributed by atoms with van der Waals surface area (Å²) < 4.78 is 5.42. The molecule has 1 aromatic rings. The van der Waals surface area contributed by atoms with Gasteiger partial charge in [0.1, 0.15) is 5.76 Å². The minimum Gasteiger partial charge on any atom is -0.492 e. The molecule has 0 fully saturated rings. The number of ether oxygens (including phenoxy) is 1. The lowest BCUT2D eigenvalue weighted by atomic mass is 10.0. The molecule has 0 unspecified atom stereocenters. The van der Waals surface area contributed by atoms with Gasteiger partial charge in [-0.15, -0.1) is 0 Å². The van der Waals surface area contributed by atoms with Gasteiger partial charge in [0.25, 0.3) is 0 Å². The quantitative estimate of drug-likeness (QED) is 0.588. The molecule has 0 saturated carbocycles. The smallest absolute Gasteiger partial charge is 0.146 e. The summed E-state index contributed by atoms with van der Waals surface area (Å²) in [4.78, 5) is 4.58. The molecule has 1 aliphatic rings. The van der Waals surface area contributed by atoms with Crippen LogP contribution in [0.25, 0.3) is 0 Å². The molecule has 5 nitrogen and oxygen atoms in total. The molecular formula is C16H20N4O. The third kappa shape index (κ3) is 2.97. The Hall–Kier alpha value is -2.56. The summed E-state index contributed by atoms with van der Waals surface area (Å²) >= 11 is 0. The Bertz CT molecular complexity index is 684.